The standard InChI is InChI=1S/C11H15BrN2S/c1-3-7-13-11(15)14-9-6-4-5-8(2)10(9)12/h4-6H,3,7H2,1-2H3,(H2,13,14,15). The molecular formula is C11H15BrN2S. The van der Waals surface area contributed by atoms with Crippen LogP contribution in [0.4, 0.5) is 5.69 Å². The Morgan fingerprint density at radius 3 is 2.87 bits per heavy atom. The number of hydrogen-bond acceptors (Lipinski definition) is 1. The second-order valence-corrected chi connectivity index (χ2v) is 4.52. The van der Waals surface area contributed by atoms with Gasteiger partial charge in [0.2, 0.25) is 0 Å². The molecule has 0 unspecified atom stereocenters. The summed E-state index contributed by atoms with van der Waals surface area (Å²) in [5.41, 5.74) is 2.20. The molecule has 0 heterocycles. The summed E-state index contributed by atoms with van der Waals surface area (Å²) >= 11 is 8.69. The lowest BCUT2D eigenvalue weighted by Gasteiger charge is -2.12. The predicted molar refractivity (Wildman–Crippen MR) is 73.4 cm³/mol. The van der Waals surface area contributed by atoms with Crippen LogP contribution in [0.15, 0.2) is 22.7 Å². The van der Waals surface area contributed by atoms with Gasteiger partial charge in [-0.25, -0.2) is 0 Å². The Morgan fingerprint density at radius 1 is 1.47 bits per heavy atom. The average molecular weight is 287 g/mol. The second-order valence-electron chi connectivity index (χ2n) is 3.32. The molecule has 0 fully saturated rings. The van der Waals surface area contributed by atoms with Gasteiger partial charge in [-0.05, 0) is 53.1 Å². The van der Waals surface area contributed by atoms with Crippen molar-refractivity contribution >= 4 is 38.9 Å². The fourth-order valence-corrected chi connectivity index (χ4v) is 1.72. The van der Waals surface area contributed by atoms with Gasteiger partial charge < -0.3 is 10.6 Å². The van der Waals surface area contributed by atoms with Gasteiger partial charge in [0, 0.05) is 11.0 Å². The Hall–Kier alpha value is -0.610. The Kier molecular flexibility index (Phi) is 5.05. The molecule has 82 valence electrons. The molecule has 0 spiro atoms. The highest BCUT2D eigenvalue weighted by atomic mass is 79.9. The summed E-state index contributed by atoms with van der Waals surface area (Å²) in [4.78, 5) is 0. The van der Waals surface area contributed by atoms with Gasteiger partial charge in [-0.2, -0.15) is 0 Å². The monoisotopic (exact) mass is 286 g/mol. The van der Waals surface area contributed by atoms with E-state index in [9.17, 15) is 0 Å². The molecule has 2 nitrogen and oxygen atoms in total. The van der Waals surface area contributed by atoms with Crippen molar-refractivity contribution in [1.82, 2.24) is 5.32 Å². The van der Waals surface area contributed by atoms with E-state index in [0.29, 0.717) is 5.11 Å². The Bertz CT molecular complexity index is 352. The summed E-state index contributed by atoms with van der Waals surface area (Å²) < 4.78 is 1.06. The van der Waals surface area contributed by atoms with E-state index >= 15 is 0 Å². The zero-order valence-corrected chi connectivity index (χ0v) is 11.3. The highest BCUT2D eigenvalue weighted by Crippen LogP contribution is 2.25. The zero-order chi connectivity index (χ0) is 11.3. The van der Waals surface area contributed by atoms with Gasteiger partial charge in [0.05, 0.1) is 5.69 Å². The highest BCUT2D eigenvalue weighted by molar-refractivity contribution is 9.10. The molecule has 0 aliphatic rings. The summed E-state index contributed by atoms with van der Waals surface area (Å²) in [5, 5.41) is 6.96. The number of rotatable bonds is 3. The number of thiocarbonyl (C=S) groups is 1. The third kappa shape index (κ3) is 3.80. The largest absolute Gasteiger partial charge is 0.362 e. The van der Waals surface area contributed by atoms with Gasteiger partial charge in [-0.3, -0.25) is 0 Å². The first kappa shape index (κ1) is 12.5. The van der Waals surface area contributed by atoms with Crippen molar-refractivity contribution in [3.63, 3.8) is 0 Å². The molecule has 1 aromatic rings. The van der Waals surface area contributed by atoms with Gasteiger partial charge in [0.25, 0.3) is 0 Å². The van der Waals surface area contributed by atoms with Crippen LogP contribution in [-0.2, 0) is 0 Å². The van der Waals surface area contributed by atoms with Gasteiger partial charge in [0.15, 0.2) is 5.11 Å². The van der Waals surface area contributed by atoms with E-state index in [-0.39, 0.29) is 0 Å². The predicted octanol–water partition coefficient (Wildman–Crippen LogP) is 3.45. The number of hydrogen-bond donors (Lipinski definition) is 2. The molecule has 0 bridgehead atoms. The normalized spacial score (nSPS) is 9.80. The zero-order valence-electron chi connectivity index (χ0n) is 8.93. The summed E-state index contributed by atoms with van der Waals surface area (Å²) in [7, 11) is 0. The number of halogens is 1. The molecule has 0 amide bonds. The first-order valence-corrected chi connectivity index (χ1v) is 6.15. The minimum absolute atomic E-state index is 0.670. The lowest BCUT2D eigenvalue weighted by molar-refractivity contribution is 0.846. The maximum Gasteiger partial charge on any atom is 0.170 e. The summed E-state index contributed by atoms with van der Waals surface area (Å²) in [6.45, 7) is 5.06. The number of aryl methyl sites for hydroxylation is 1. The van der Waals surface area contributed by atoms with Crippen LogP contribution < -0.4 is 10.6 Å². The Morgan fingerprint density at radius 2 is 2.20 bits per heavy atom. The summed E-state index contributed by atoms with van der Waals surface area (Å²) in [5.74, 6) is 0. The molecule has 0 radical (unpaired) electrons. The fraction of sp³-hybridized carbons (Fsp3) is 0.364. The van der Waals surface area contributed by atoms with E-state index in [1.807, 2.05) is 12.1 Å². The van der Waals surface area contributed by atoms with Crippen molar-refractivity contribution in [2.24, 2.45) is 0 Å². The minimum Gasteiger partial charge on any atom is -0.362 e. The molecule has 0 aromatic heterocycles. The first-order chi connectivity index (χ1) is 7.15. The molecule has 1 rings (SSSR count). The average Bonchev–Trinajstić information content (AvgIpc) is 2.22. The quantitative estimate of drug-likeness (QED) is 0.833. The van der Waals surface area contributed by atoms with Crippen LogP contribution >= 0.6 is 28.1 Å². The second kappa shape index (κ2) is 6.08. The minimum atomic E-state index is 0.670. The molecule has 0 saturated carbocycles. The van der Waals surface area contributed by atoms with Gasteiger partial charge in [0.1, 0.15) is 0 Å². The van der Waals surface area contributed by atoms with E-state index in [0.717, 1.165) is 23.1 Å². The van der Waals surface area contributed by atoms with Crippen LogP contribution in [0.2, 0.25) is 0 Å². The SMILES string of the molecule is CCCNC(=S)Nc1cccc(C)c1Br. The molecule has 0 atom stereocenters. The summed E-state index contributed by atoms with van der Waals surface area (Å²) in [6.07, 6.45) is 1.07. The maximum atomic E-state index is 5.16. The van der Waals surface area contributed by atoms with Crippen LogP contribution in [0.1, 0.15) is 18.9 Å². The molecule has 2 N–H and O–H groups in total. The van der Waals surface area contributed by atoms with Crippen molar-refractivity contribution in [2.45, 2.75) is 20.3 Å². The van der Waals surface area contributed by atoms with E-state index in [1.54, 1.807) is 0 Å². The van der Waals surface area contributed by atoms with E-state index in [1.165, 1.54) is 5.56 Å². The van der Waals surface area contributed by atoms with Crippen LogP contribution in [0.25, 0.3) is 0 Å². The highest BCUT2D eigenvalue weighted by Gasteiger charge is 2.03. The lowest BCUT2D eigenvalue weighted by atomic mass is 10.2. The topological polar surface area (TPSA) is 24.1 Å². The maximum absolute atomic E-state index is 5.16. The smallest absolute Gasteiger partial charge is 0.170 e. The van der Waals surface area contributed by atoms with Gasteiger partial charge >= 0.3 is 0 Å². The first-order valence-electron chi connectivity index (χ1n) is 4.95. The van der Waals surface area contributed by atoms with Crippen LogP contribution in [-0.4, -0.2) is 11.7 Å². The molecule has 15 heavy (non-hydrogen) atoms. The number of benzene rings is 1. The number of anilines is 1. The van der Waals surface area contributed by atoms with Crippen molar-refractivity contribution in [3.05, 3.63) is 28.2 Å². The van der Waals surface area contributed by atoms with E-state index < -0.39 is 0 Å². The third-order valence-electron chi connectivity index (χ3n) is 1.98. The molecular weight excluding hydrogens is 272 g/mol. The van der Waals surface area contributed by atoms with Crippen molar-refractivity contribution in [3.8, 4) is 0 Å². The van der Waals surface area contributed by atoms with Crippen molar-refractivity contribution in [2.75, 3.05) is 11.9 Å². The van der Waals surface area contributed by atoms with E-state index in [4.69, 9.17) is 12.2 Å². The fourth-order valence-electron chi connectivity index (χ4n) is 1.15. The van der Waals surface area contributed by atoms with Crippen LogP contribution in [0, 0.1) is 6.92 Å². The Labute approximate surface area is 105 Å². The van der Waals surface area contributed by atoms with Gasteiger partial charge in [-0.15, -0.1) is 0 Å². The molecule has 0 saturated heterocycles. The van der Waals surface area contributed by atoms with E-state index in [2.05, 4.69) is 46.5 Å². The molecule has 0 aliphatic carbocycles. The van der Waals surface area contributed by atoms with Crippen molar-refractivity contribution in [1.29, 1.82) is 0 Å². The lowest BCUT2D eigenvalue weighted by Crippen LogP contribution is -2.29. The molecule has 0 aliphatic heterocycles. The molecule has 4 heteroatoms. The Balaban J connectivity index is 2.64. The van der Waals surface area contributed by atoms with Gasteiger partial charge in [-0.1, -0.05) is 19.1 Å². The van der Waals surface area contributed by atoms with Crippen LogP contribution in [0.5, 0.6) is 0 Å². The third-order valence-corrected chi connectivity index (χ3v) is 3.27. The van der Waals surface area contributed by atoms with Crippen molar-refractivity contribution < 1.29 is 0 Å². The number of nitrogens with one attached hydrogen (secondary N) is 2. The van der Waals surface area contributed by atoms with Crippen LogP contribution in [0.3, 0.4) is 0 Å². The summed E-state index contributed by atoms with van der Waals surface area (Å²) in [6, 6.07) is 6.06. The molecule has 1 aromatic carbocycles.